The van der Waals surface area contributed by atoms with Crippen LogP contribution in [0.4, 0.5) is 10.1 Å². The summed E-state index contributed by atoms with van der Waals surface area (Å²) in [7, 11) is 0. The van der Waals surface area contributed by atoms with Crippen molar-refractivity contribution in [2.75, 3.05) is 5.32 Å². The Morgan fingerprint density at radius 3 is 2.79 bits per heavy atom. The normalized spacial score (nSPS) is 18.8. The minimum Gasteiger partial charge on any atom is -0.508 e. The number of aromatic hydroxyl groups is 1. The average molecular weight is 383 g/mol. The van der Waals surface area contributed by atoms with E-state index in [-0.39, 0.29) is 37.1 Å². The van der Waals surface area contributed by atoms with E-state index in [4.69, 9.17) is 0 Å². The monoisotopic (exact) mass is 383 g/mol. The number of phenolic OH excluding ortho intramolecular Hbond substituents is 1. The highest BCUT2D eigenvalue weighted by Crippen LogP contribution is 2.32. The highest BCUT2D eigenvalue weighted by molar-refractivity contribution is 6.06. The third-order valence-corrected chi connectivity index (χ3v) is 5.09. The molecule has 0 bridgehead atoms. The second-order valence-electron chi connectivity index (χ2n) is 6.86. The molecule has 0 saturated carbocycles. The minimum absolute atomic E-state index is 0.146. The number of hydrogen-bond acceptors (Lipinski definition) is 5. The lowest BCUT2D eigenvalue weighted by molar-refractivity contribution is -0.136. The maximum atomic E-state index is 13.9. The first-order valence-electron chi connectivity index (χ1n) is 8.92. The van der Waals surface area contributed by atoms with Crippen LogP contribution < -0.4 is 10.6 Å². The number of carbonyl (C=O) groups is 3. The summed E-state index contributed by atoms with van der Waals surface area (Å²) in [6.45, 7) is 0.414. The van der Waals surface area contributed by atoms with Gasteiger partial charge in [-0.1, -0.05) is 12.1 Å². The zero-order valence-corrected chi connectivity index (χ0v) is 14.9. The van der Waals surface area contributed by atoms with Gasteiger partial charge in [0.25, 0.3) is 5.91 Å². The zero-order valence-electron chi connectivity index (χ0n) is 14.9. The largest absolute Gasteiger partial charge is 0.508 e. The van der Waals surface area contributed by atoms with E-state index in [2.05, 4.69) is 10.6 Å². The third-order valence-electron chi connectivity index (χ3n) is 5.09. The molecular weight excluding hydrogens is 365 g/mol. The number of imide groups is 1. The summed E-state index contributed by atoms with van der Waals surface area (Å²) < 4.78 is 13.9. The topological polar surface area (TPSA) is 98.7 Å². The number of phenols is 1. The van der Waals surface area contributed by atoms with Crippen molar-refractivity contribution in [1.82, 2.24) is 10.2 Å². The Hall–Kier alpha value is -3.42. The average Bonchev–Trinajstić information content (AvgIpc) is 2.98. The fraction of sp³-hybridized carbons (Fsp3) is 0.250. The van der Waals surface area contributed by atoms with Crippen LogP contribution in [0.3, 0.4) is 0 Å². The summed E-state index contributed by atoms with van der Waals surface area (Å²) in [6, 6.07) is 8.46. The second kappa shape index (κ2) is 6.95. The third kappa shape index (κ3) is 3.17. The molecular formula is C20H18FN3O4. The number of carbonyl (C=O) groups excluding carboxylic acids is 3. The van der Waals surface area contributed by atoms with Crippen molar-refractivity contribution in [1.29, 1.82) is 0 Å². The van der Waals surface area contributed by atoms with Crippen molar-refractivity contribution in [3.8, 4) is 5.75 Å². The van der Waals surface area contributed by atoms with E-state index in [0.29, 0.717) is 23.2 Å². The number of fused-ring (bicyclic) bond motifs is 1. The van der Waals surface area contributed by atoms with Gasteiger partial charge < -0.3 is 15.3 Å². The number of amides is 3. The van der Waals surface area contributed by atoms with Gasteiger partial charge in [0, 0.05) is 48.0 Å². The fourth-order valence-corrected chi connectivity index (χ4v) is 3.62. The van der Waals surface area contributed by atoms with Crippen LogP contribution >= 0.6 is 0 Å². The van der Waals surface area contributed by atoms with E-state index in [9.17, 15) is 23.9 Å². The number of piperidine rings is 1. The van der Waals surface area contributed by atoms with E-state index in [0.717, 1.165) is 11.6 Å². The Balaban J connectivity index is 1.54. The van der Waals surface area contributed by atoms with E-state index in [1.165, 1.54) is 17.0 Å². The van der Waals surface area contributed by atoms with Gasteiger partial charge in [-0.2, -0.15) is 0 Å². The molecule has 0 aromatic heterocycles. The number of benzene rings is 2. The van der Waals surface area contributed by atoms with Crippen LogP contribution in [-0.2, 0) is 22.7 Å². The number of hydrogen-bond donors (Lipinski definition) is 3. The van der Waals surface area contributed by atoms with Gasteiger partial charge >= 0.3 is 0 Å². The van der Waals surface area contributed by atoms with Crippen molar-refractivity contribution in [3.05, 3.63) is 58.9 Å². The van der Waals surface area contributed by atoms with Gasteiger partial charge in [-0.15, -0.1) is 0 Å². The molecule has 3 amide bonds. The molecule has 1 atom stereocenters. The van der Waals surface area contributed by atoms with Crippen molar-refractivity contribution >= 4 is 23.4 Å². The summed E-state index contributed by atoms with van der Waals surface area (Å²) in [5, 5.41) is 14.7. The summed E-state index contributed by atoms with van der Waals surface area (Å²) in [5.41, 5.74) is 2.27. The molecule has 2 aromatic rings. The second-order valence-corrected chi connectivity index (χ2v) is 6.86. The van der Waals surface area contributed by atoms with Crippen LogP contribution in [0.25, 0.3) is 0 Å². The molecule has 2 heterocycles. The van der Waals surface area contributed by atoms with Crippen molar-refractivity contribution in [2.24, 2.45) is 0 Å². The Labute approximate surface area is 160 Å². The molecule has 144 valence electrons. The number of anilines is 1. The molecule has 2 aliphatic heterocycles. The van der Waals surface area contributed by atoms with Gasteiger partial charge in [0.2, 0.25) is 11.8 Å². The Bertz CT molecular complexity index is 991. The molecule has 1 saturated heterocycles. The van der Waals surface area contributed by atoms with E-state index >= 15 is 0 Å². The summed E-state index contributed by atoms with van der Waals surface area (Å²) >= 11 is 0. The van der Waals surface area contributed by atoms with Crippen molar-refractivity contribution < 1.29 is 23.9 Å². The molecule has 7 nitrogen and oxygen atoms in total. The molecule has 1 unspecified atom stereocenters. The predicted molar refractivity (Wildman–Crippen MR) is 97.9 cm³/mol. The maximum Gasteiger partial charge on any atom is 0.255 e. The molecule has 4 rings (SSSR count). The number of nitrogens with one attached hydrogen (secondary N) is 2. The van der Waals surface area contributed by atoms with Gasteiger partial charge in [0.1, 0.15) is 17.6 Å². The van der Waals surface area contributed by atoms with Crippen LogP contribution in [0.2, 0.25) is 0 Å². The first-order valence-corrected chi connectivity index (χ1v) is 8.92. The molecule has 1 fully saturated rings. The first kappa shape index (κ1) is 18.0. The van der Waals surface area contributed by atoms with Crippen molar-refractivity contribution in [2.45, 2.75) is 32.0 Å². The molecule has 2 aromatic carbocycles. The molecule has 0 spiro atoms. The van der Waals surface area contributed by atoms with Gasteiger partial charge in [0.05, 0.1) is 0 Å². The van der Waals surface area contributed by atoms with E-state index in [1.807, 2.05) is 0 Å². The highest BCUT2D eigenvalue weighted by Gasteiger charge is 2.39. The molecule has 2 aliphatic rings. The van der Waals surface area contributed by atoms with Crippen LogP contribution in [0, 0.1) is 5.82 Å². The maximum absolute atomic E-state index is 13.9. The summed E-state index contributed by atoms with van der Waals surface area (Å²) in [4.78, 5) is 37.8. The van der Waals surface area contributed by atoms with Gasteiger partial charge in [-0.3, -0.25) is 19.7 Å². The quantitative estimate of drug-likeness (QED) is 0.701. The molecule has 28 heavy (non-hydrogen) atoms. The van der Waals surface area contributed by atoms with Crippen molar-refractivity contribution in [3.63, 3.8) is 0 Å². The Morgan fingerprint density at radius 2 is 2.04 bits per heavy atom. The van der Waals surface area contributed by atoms with Crippen LogP contribution in [0.1, 0.15) is 34.3 Å². The van der Waals surface area contributed by atoms with Crippen LogP contribution in [0.5, 0.6) is 5.75 Å². The summed E-state index contributed by atoms with van der Waals surface area (Å²) in [5.74, 6) is -1.72. The molecule has 0 radical (unpaired) electrons. The predicted octanol–water partition coefficient (Wildman–Crippen LogP) is 1.90. The molecule has 8 heteroatoms. The smallest absolute Gasteiger partial charge is 0.255 e. The van der Waals surface area contributed by atoms with E-state index < -0.39 is 17.8 Å². The fourth-order valence-electron chi connectivity index (χ4n) is 3.62. The number of halogens is 1. The number of nitrogens with zero attached hydrogens (tertiary/aromatic N) is 1. The minimum atomic E-state index is -0.681. The SMILES string of the molecule is O=C1CCC(N2Cc3c(NCc4ccc(O)cc4F)cccc3C2=O)C(=O)N1. The lowest BCUT2D eigenvalue weighted by Gasteiger charge is -2.29. The van der Waals surface area contributed by atoms with E-state index in [1.54, 1.807) is 18.2 Å². The molecule has 3 N–H and O–H groups in total. The Morgan fingerprint density at radius 1 is 1.21 bits per heavy atom. The van der Waals surface area contributed by atoms with Gasteiger partial charge in [-0.25, -0.2) is 4.39 Å². The first-order chi connectivity index (χ1) is 13.4. The Kier molecular flexibility index (Phi) is 4.46. The lowest BCUT2D eigenvalue weighted by atomic mass is 10.0. The van der Waals surface area contributed by atoms with Crippen LogP contribution in [0.15, 0.2) is 36.4 Å². The summed E-state index contributed by atoms with van der Waals surface area (Å²) in [6.07, 6.45) is 0.494. The standard InChI is InChI=1S/C20H18FN3O4/c21-15-8-12(25)5-4-11(15)9-22-16-3-1-2-13-14(16)10-24(20(13)28)17-6-7-18(26)23-19(17)27/h1-5,8,17,22,25H,6-7,9-10H2,(H,23,26,27). The van der Waals surface area contributed by atoms with Gasteiger partial charge in [0.15, 0.2) is 0 Å². The highest BCUT2D eigenvalue weighted by atomic mass is 19.1. The van der Waals surface area contributed by atoms with Crippen LogP contribution in [-0.4, -0.2) is 33.8 Å². The lowest BCUT2D eigenvalue weighted by Crippen LogP contribution is -2.52. The van der Waals surface area contributed by atoms with Gasteiger partial charge in [-0.05, 0) is 24.6 Å². The molecule has 0 aliphatic carbocycles. The zero-order chi connectivity index (χ0) is 19.8. The number of rotatable bonds is 4.